The monoisotopic (exact) mass is 599 g/mol. The van der Waals surface area contributed by atoms with Gasteiger partial charge in [-0.25, -0.2) is 27.6 Å². The Labute approximate surface area is 239 Å². The van der Waals surface area contributed by atoms with E-state index in [4.69, 9.17) is 16.3 Å². The predicted molar refractivity (Wildman–Crippen MR) is 151 cm³/mol. The normalized spacial score (nSPS) is 16.8. The van der Waals surface area contributed by atoms with Gasteiger partial charge in [0.1, 0.15) is 18.2 Å². The second-order valence-corrected chi connectivity index (χ2v) is 12.5. The van der Waals surface area contributed by atoms with Crippen LogP contribution >= 0.6 is 22.9 Å². The van der Waals surface area contributed by atoms with Crippen LogP contribution in [0.5, 0.6) is 0 Å². The van der Waals surface area contributed by atoms with Gasteiger partial charge in [-0.15, -0.1) is 11.3 Å². The molecular weight excluding hydrogens is 577 g/mol. The molecule has 1 aliphatic rings. The fourth-order valence-corrected chi connectivity index (χ4v) is 6.75. The zero-order valence-electron chi connectivity index (χ0n) is 21.3. The highest BCUT2D eigenvalue weighted by atomic mass is 35.5. The second kappa shape index (κ2) is 11.4. The molecule has 1 amide bonds. The number of carbonyl (C=O) groups excluding carboxylic acids is 1. The molecule has 5 rings (SSSR count). The number of anilines is 2. The van der Waals surface area contributed by atoms with Gasteiger partial charge in [0.15, 0.2) is 5.82 Å². The molecule has 13 heteroatoms. The van der Waals surface area contributed by atoms with E-state index in [9.17, 15) is 17.6 Å². The quantitative estimate of drug-likeness (QED) is 0.313. The summed E-state index contributed by atoms with van der Waals surface area (Å²) >= 11 is 7.76. The molecule has 40 heavy (non-hydrogen) atoms. The molecule has 0 bridgehead atoms. The van der Waals surface area contributed by atoms with Crippen LogP contribution in [-0.4, -0.2) is 62.2 Å². The van der Waals surface area contributed by atoms with Gasteiger partial charge in [-0.2, -0.15) is 0 Å². The molecule has 1 saturated heterocycles. The van der Waals surface area contributed by atoms with Crippen LogP contribution in [0, 0.1) is 17.7 Å². The molecule has 3 heterocycles. The van der Waals surface area contributed by atoms with E-state index in [1.54, 1.807) is 20.2 Å². The van der Waals surface area contributed by atoms with E-state index in [1.807, 2.05) is 6.07 Å². The Bertz CT molecular complexity index is 1770. The Morgan fingerprint density at radius 2 is 2.05 bits per heavy atom. The van der Waals surface area contributed by atoms with Crippen LogP contribution in [0.1, 0.15) is 11.3 Å². The van der Waals surface area contributed by atoms with Crippen LogP contribution < -0.4 is 10.6 Å². The van der Waals surface area contributed by atoms with E-state index in [-0.39, 0.29) is 33.1 Å². The van der Waals surface area contributed by atoms with Crippen molar-refractivity contribution in [2.45, 2.75) is 28.4 Å². The van der Waals surface area contributed by atoms with E-state index in [0.29, 0.717) is 30.0 Å². The van der Waals surface area contributed by atoms with Crippen molar-refractivity contribution in [3.8, 4) is 11.8 Å². The number of aromatic nitrogens is 2. The molecule has 2 N–H and O–H groups in total. The van der Waals surface area contributed by atoms with Crippen LogP contribution in [0.4, 0.5) is 20.7 Å². The van der Waals surface area contributed by atoms with E-state index < -0.39 is 15.7 Å². The number of carbonyl (C=O) groups is 1. The number of halogens is 2. The maximum atomic E-state index is 13.6. The van der Waals surface area contributed by atoms with Crippen LogP contribution in [0.2, 0.25) is 5.02 Å². The van der Waals surface area contributed by atoms with Crippen molar-refractivity contribution in [2.75, 3.05) is 26.0 Å². The third-order valence-corrected chi connectivity index (χ3v) is 9.28. The smallest absolute Gasteiger partial charge is 0.409 e. The number of nitrogens with zero attached hydrogens (tertiary/aromatic N) is 3. The van der Waals surface area contributed by atoms with Crippen LogP contribution in [0.15, 0.2) is 64.6 Å². The van der Waals surface area contributed by atoms with Crippen molar-refractivity contribution in [1.82, 2.24) is 20.2 Å². The van der Waals surface area contributed by atoms with Gasteiger partial charge in [0.25, 0.3) is 0 Å². The number of sulfone groups is 1. The highest BCUT2D eigenvalue weighted by Crippen LogP contribution is 2.34. The van der Waals surface area contributed by atoms with Crippen molar-refractivity contribution >= 4 is 60.6 Å². The fourth-order valence-electron chi connectivity index (χ4n) is 4.01. The molecule has 2 aromatic carbocycles. The third kappa shape index (κ3) is 6.03. The van der Waals surface area contributed by atoms with Gasteiger partial charge in [0.2, 0.25) is 9.84 Å². The highest BCUT2D eigenvalue weighted by Gasteiger charge is 2.26. The van der Waals surface area contributed by atoms with Gasteiger partial charge < -0.3 is 15.0 Å². The van der Waals surface area contributed by atoms with E-state index in [2.05, 4.69) is 32.4 Å². The summed E-state index contributed by atoms with van der Waals surface area (Å²) in [6.07, 6.45) is 1.39. The molecule has 0 unspecified atom stereocenters. The minimum Gasteiger partial charge on any atom is -0.445 e. The van der Waals surface area contributed by atoms with E-state index >= 15 is 0 Å². The Balaban J connectivity index is 1.32. The number of rotatable bonds is 5. The van der Waals surface area contributed by atoms with Crippen molar-refractivity contribution in [1.29, 1.82) is 0 Å². The lowest BCUT2D eigenvalue weighted by atomic mass is 10.2. The number of thiophene rings is 1. The molecule has 1 fully saturated rings. The lowest BCUT2D eigenvalue weighted by Crippen LogP contribution is -2.29. The number of nitrogens with one attached hydrogen (secondary N) is 2. The molecule has 0 aliphatic carbocycles. The maximum absolute atomic E-state index is 13.6. The van der Waals surface area contributed by atoms with Crippen LogP contribution in [-0.2, 0) is 14.6 Å². The van der Waals surface area contributed by atoms with Crippen molar-refractivity contribution in [3.63, 3.8) is 0 Å². The summed E-state index contributed by atoms with van der Waals surface area (Å²) < 4.78 is 45.7. The topological polar surface area (TPSA) is 114 Å². The Morgan fingerprint density at radius 3 is 2.80 bits per heavy atom. The Hall–Kier alpha value is -3.76. The molecule has 2 atom stereocenters. The van der Waals surface area contributed by atoms with Gasteiger partial charge >= 0.3 is 6.09 Å². The first-order valence-electron chi connectivity index (χ1n) is 12.0. The number of benzene rings is 2. The van der Waals surface area contributed by atoms with Gasteiger partial charge in [0.05, 0.1) is 35.9 Å². The Morgan fingerprint density at radius 1 is 1.23 bits per heavy atom. The van der Waals surface area contributed by atoms with Crippen molar-refractivity contribution < 1.29 is 22.3 Å². The first-order chi connectivity index (χ1) is 19.1. The first-order valence-corrected chi connectivity index (χ1v) is 14.7. The molecule has 2 aromatic heterocycles. The predicted octanol–water partition coefficient (Wildman–Crippen LogP) is 4.84. The van der Waals surface area contributed by atoms with Crippen molar-refractivity contribution in [2.24, 2.45) is 0 Å². The minimum atomic E-state index is -4.01. The summed E-state index contributed by atoms with van der Waals surface area (Å²) in [5.41, 5.74) is 1.21. The largest absolute Gasteiger partial charge is 0.445 e. The lowest BCUT2D eigenvalue weighted by Gasteiger charge is -2.15. The summed E-state index contributed by atoms with van der Waals surface area (Å²) in [5, 5.41) is 6.40. The number of amides is 1. The standard InChI is InChI=1S/C27H23ClFN5O4S2/c1-34(2)27(35)38-19-11-17(30-14-19)6-8-20-13-23-25(39-20)26(32-15-31-23)33-18-7-9-24(22(28)12-18)40(36,37)21-5-3-4-16(29)10-21/h3-5,7,9-10,12-13,15,17,19,30H,11,14H2,1-2H3,(H,31,32,33)/t17-,19+/m1/s1. The molecule has 0 saturated carbocycles. The molecule has 4 aromatic rings. The third-order valence-electron chi connectivity index (χ3n) is 5.99. The van der Waals surface area contributed by atoms with Crippen LogP contribution in [0.3, 0.4) is 0 Å². The minimum absolute atomic E-state index is 0.0177. The zero-order chi connectivity index (χ0) is 28.4. The fraction of sp³-hybridized carbons (Fsp3) is 0.222. The summed E-state index contributed by atoms with van der Waals surface area (Å²) in [4.78, 5) is 22.3. The number of fused-ring (bicyclic) bond motifs is 1. The lowest BCUT2D eigenvalue weighted by molar-refractivity contribution is 0.0826. The highest BCUT2D eigenvalue weighted by molar-refractivity contribution is 7.91. The van der Waals surface area contributed by atoms with Gasteiger partial charge in [-0.1, -0.05) is 29.5 Å². The van der Waals surface area contributed by atoms with Crippen molar-refractivity contribution in [3.05, 3.63) is 70.6 Å². The van der Waals surface area contributed by atoms with E-state index in [1.165, 1.54) is 52.9 Å². The zero-order valence-corrected chi connectivity index (χ0v) is 23.7. The van der Waals surface area contributed by atoms with Gasteiger partial charge in [-0.3, -0.25) is 5.32 Å². The summed E-state index contributed by atoms with van der Waals surface area (Å²) in [6.45, 7) is 0.537. The van der Waals surface area contributed by atoms with E-state index in [0.717, 1.165) is 15.6 Å². The molecule has 0 radical (unpaired) electrons. The number of hydrogen-bond donors (Lipinski definition) is 2. The average Bonchev–Trinajstić information content (AvgIpc) is 3.54. The molecule has 206 valence electrons. The SMILES string of the molecule is CN(C)C(=O)O[C@@H]1CN[C@H](C#Cc2cc3ncnc(Nc4ccc(S(=O)(=O)c5cccc(F)c5)c(Cl)c4)c3s2)C1. The number of hydrogen-bond acceptors (Lipinski definition) is 9. The first kappa shape index (κ1) is 27.8. The summed E-state index contributed by atoms with van der Waals surface area (Å²) in [6, 6.07) is 10.9. The molecule has 0 spiro atoms. The van der Waals surface area contributed by atoms with Crippen LogP contribution in [0.25, 0.3) is 10.2 Å². The maximum Gasteiger partial charge on any atom is 0.409 e. The second-order valence-electron chi connectivity index (χ2n) is 9.14. The van der Waals surface area contributed by atoms with Gasteiger partial charge in [0, 0.05) is 32.7 Å². The summed E-state index contributed by atoms with van der Waals surface area (Å²) in [7, 11) is -0.735. The molecule has 1 aliphatic heterocycles. The molecular formula is C27H23ClFN5O4S2. The average molecular weight is 600 g/mol. The van der Waals surface area contributed by atoms with Gasteiger partial charge in [-0.05, 0) is 42.5 Å². The summed E-state index contributed by atoms with van der Waals surface area (Å²) in [5.74, 6) is 6.20. The Kier molecular flexibility index (Phi) is 7.91. The molecule has 9 nitrogen and oxygen atoms in total. The number of ether oxygens (including phenoxy) is 1.